The Labute approximate surface area is 135 Å². The van der Waals surface area contributed by atoms with Gasteiger partial charge in [0.05, 0.1) is 22.8 Å². The molecule has 0 aliphatic heterocycles. The molecule has 2 aromatic carbocycles. The summed E-state index contributed by atoms with van der Waals surface area (Å²) in [5, 5.41) is 0. The number of imidazole rings is 1. The monoisotopic (exact) mass is 310 g/mol. The maximum atomic E-state index is 6.14. The lowest BCUT2D eigenvalue weighted by Crippen LogP contribution is -2.11. The molecule has 0 unspecified atom stereocenters. The van der Waals surface area contributed by atoms with Crippen LogP contribution in [0.1, 0.15) is 13.8 Å². The smallest absolute Gasteiger partial charge is 0.142 e. The Hall–Kier alpha value is -2.53. The van der Waals surface area contributed by atoms with E-state index in [1.54, 1.807) is 0 Å². The van der Waals surface area contributed by atoms with Crippen molar-refractivity contribution in [1.82, 2.24) is 9.55 Å². The molecule has 0 aliphatic carbocycles. The highest BCUT2D eigenvalue weighted by atomic mass is 16.5. The van der Waals surface area contributed by atoms with Gasteiger partial charge in [-0.3, -0.25) is 0 Å². The second kappa shape index (κ2) is 6.30. The quantitative estimate of drug-likeness (QED) is 0.710. The molecule has 0 amide bonds. The molecule has 23 heavy (non-hydrogen) atoms. The van der Waals surface area contributed by atoms with Crippen molar-refractivity contribution in [2.75, 3.05) is 12.3 Å². The summed E-state index contributed by atoms with van der Waals surface area (Å²) in [6, 6.07) is 13.9. The van der Waals surface area contributed by atoms with E-state index in [1.807, 2.05) is 50.2 Å². The normalized spacial score (nSPS) is 11.3. The van der Waals surface area contributed by atoms with E-state index in [9.17, 15) is 0 Å². The molecule has 1 heterocycles. The lowest BCUT2D eigenvalue weighted by atomic mass is 10.1. The molecule has 5 nitrogen and oxygen atoms in total. The first kappa shape index (κ1) is 15.4. The SMILES string of the molecule is CC(C)Oc1ccc(-c2nc3ccccc3n2CCN)cc1N. The van der Waals surface area contributed by atoms with Crippen LogP contribution in [0.2, 0.25) is 0 Å². The molecule has 0 saturated carbocycles. The number of ether oxygens (including phenoxy) is 1. The summed E-state index contributed by atoms with van der Waals surface area (Å²) < 4.78 is 7.83. The number of nitrogen functional groups attached to an aromatic ring is 1. The van der Waals surface area contributed by atoms with Gasteiger partial charge in [0.2, 0.25) is 0 Å². The molecule has 5 heteroatoms. The Morgan fingerprint density at radius 1 is 1.17 bits per heavy atom. The predicted molar refractivity (Wildman–Crippen MR) is 94.4 cm³/mol. The lowest BCUT2D eigenvalue weighted by molar-refractivity contribution is 0.244. The summed E-state index contributed by atoms with van der Waals surface area (Å²) in [6.45, 7) is 5.22. The van der Waals surface area contributed by atoms with E-state index >= 15 is 0 Å². The number of nitrogens with two attached hydrogens (primary N) is 2. The molecule has 0 spiro atoms. The number of aromatic nitrogens is 2. The van der Waals surface area contributed by atoms with Gasteiger partial charge in [-0.25, -0.2) is 4.98 Å². The Bertz CT molecular complexity index is 823. The van der Waals surface area contributed by atoms with Crippen molar-refractivity contribution in [3.63, 3.8) is 0 Å². The van der Waals surface area contributed by atoms with Gasteiger partial charge in [-0.1, -0.05) is 12.1 Å². The molecule has 0 aliphatic rings. The Balaban J connectivity index is 2.09. The van der Waals surface area contributed by atoms with Crippen molar-refractivity contribution in [3.05, 3.63) is 42.5 Å². The zero-order chi connectivity index (χ0) is 16.4. The number of anilines is 1. The number of hydrogen-bond donors (Lipinski definition) is 2. The second-order valence-electron chi connectivity index (χ2n) is 5.78. The van der Waals surface area contributed by atoms with Gasteiger partial charge in [0.15, 0.2) is 0 Å². The molecule has 3 rings (SSSR count). The summed E-state index contributed by atoms with van der Waals surface area (Å²) in [5.41, 5.74) is 15.5. The first-order valence-electron chi connectivity index (χ1n) is 7.82. The zero-order valence-electron chi connectivity index (χ0n) is 13.5. The van der Waals surface area contributed by atoms with Crippen LogP contribution in [0.15, 0.2) is 42.5 Å². The molecular formula is C18H22N4O. The molecule has 0 saturated heterocycles. The first-order chi connectivity index (χ1) is 11.1. The van der Waals surface area contributed by atoms with Crippen molar-refractivity contribution < 1.29 is 4.74 Å². The summed E-state index contributed by atoms with van der Waals surface area (Å²) in [6.07, 6.45) is 0.0879. The van der Waals surface area contributed by atoms with E-state index in [0.29, 0.717) is 24.5 Å². The highest BCUT2D eigenvalue weighted by molar-refractivity contribution is 5.81. The third-order valence-corrected chi connectivity index (χ3v) is 3.64. The van der Waals surface area contributed by atoms with E-state index in [4.69, 9.17) is 21.2 Å². The molecule has 0 radical (unpaired) electrons. The topological polar surface area (TPSA) is 79.1 Å². The Kier molecular flexibility index (Phi) is 4.21. The van der Waals surface area contributed by atoms with Crippen LogP contribution in [-0.4, -0.2) is 22.2 Å². The highest BCUT2D eigenvalue weighted by Crippen LogP contribution is 2.30. The average Bonchev–Trinajstić information content (AvgIpc) is 2.88. The van der Waals surface area contributed by atoms with Crippen LogP contribution in [0.5, 0.6) is 5.75 Å². The fourth-order valence-corrected chi connectivity index (χ4v) is 2.70. The minimum absolute atomic E-state index is 0.0879. The predicted octanol–water partition coefficient (Wildman–Crippen LogP) is 3.03. The van der Waals surface area contributed by atoms with Crippen LogP contribution < -0.4 is 16.2 Å². The summed E-state index contributed by atoms with van der Waals surface area (Å²) in [4.78, 5) is 4.74. The maximum Gasteiger partial charge on any atom is 0.142 e. The van der Waals surface area contributed by atoms with E-state index in [1.165, 1.54) is 0 Å². The van der Waals surface area contributed by atoms with Gasteiger partial charge in [-0.15, -0.1) is 0 Å². The molecule has 0 fully saturated rings. The van der Waals surface area contributed by atoms with Gasteiger partial charge < -0.3 is 20.8 Å². The van der Waals surface area contributed by atoms with Crippen molar-refractivity contribution in [2.24, 2.45) is 5.73 Å². The number of fused-ring (bicyclic) bond motifs is 1. The van der Waals surface area contributed by atoms with E-state index in [0.717, 1.165) is 22.4 Å². The van der Waals surface area contributed by atoms with Gasteiger partial charge >= 0.3 is 0 Å². The lowest BCUT2D eigenvalue weighted by Gasteiger charge is -2.13. The third-order valence-electron chi connectivity index (χ3n) is 3.64. The van der Waals surface area contributed by atoms with Crippen LogP contribution in [-0.2, 0) is 6.54 Å². The first-order valence-corrected chi connectivity index (χ1v) is 7.82. The van der Waals surface area contributed by atoms with Crippen molar-refractivity contribution in [2.45, 2.75) is 26.5 Å². The van der Waals surface area contributed by atoms with Crippen LogP contribution in [0.4, 0.5) is 5.69 Å². The Morgan fingerprint density at radius 3 is 2.65 bits per heavy atom. The standard InChI is InChI=1S/C18H22N4O/c1-12(2)23-17-8-7-13(11-14(17)20)18-21-15-5-3-4-6-16(15)22(18)10-9-19/h3-8,11-12H,9-10,19-20H2,1-2H3. The summed E-state index contributed by atoms with van der Waals surface area (Å²) in [7, 11) is 0. The van der Waals surface area contributed by atoms with Crippen molar-refractivity contribution in [1.29, 1.82) is 0 Å². The van der Waals surface area contributed by atoms with Gasteiger partial charge in [-0.2, -0.15) is 0 Å². The third kappa shape index (κ3) is 3.00. The molecule has 3 aromatic rings. The highest BCUT2D eigenvalue weighted by Gasteiger charge is 2.13. The fraction of sp³-hybridized carbons (Fsp3) is 0.278. The number of para-hydroxylation sites is 2. The van der Waals surface area contributed by atoms with Crippen LogP contribution in [0.3, 0.4) is 0 Å². The molecule has 4 N–H and O–H groups in total. The number of rotatable bonds is 5. The van der Waals surface area contributed by atoms with Crippen molar-refractivity contribution in [3.8, 4) is 17.1 Å². The van der Waals surface area contributed by atoms with Crippen LogP contribution in [0.25, 0.3) is 22.4 Å². The van der Waals surface area contributed by atoms with Crippen molar-refractivity contribution >= 4 is 16.7 Å². The van der Waals surface area contributed by atoms with E-state index in [-0.39, 0.29) is 6.10 Å². The average molecular weight is 310 g/mol. The van der Waals surface area contributed by atoms with Crippen LogP contribution in [0, 0.1) is 0 Å². The second-order valence-corrected chi connectivity index (χ2v) is 5.78. The molecule has 1 aromatic heterocycles. The summed E-state index contributed by atoms with van der Waals surface area (Å²) >= 11 is 0. The minimum Gasteiger partial charge on any atom is -0.489 e. The zero-order valence-corrected chi connectivity index (χ0v) is 13.5. The molecule has 120 valence electrons. The largest absolute Gasteiger partial charge is 0.489 e. The number of benzene rings is 2. The molecule has 0 bridgehead atoms. The van der Waals surface area contributed by atoms with E-state index in [2.05, 4.69) is 10.6 Å². The summed E-state index contributed by atoms with van der Waals surface area (Å²) in [5.74, 6) is 1.57. The van der Waals surface area contributed by atoms with Gasteiger partial charge in [0, 0.05) is 18.7 Å². The van der Waals surface area contributed by atoms with Gasteiger partial charge in [0.1, 0.15) is 11.6 Å². The molecular weight excluding hydrogens is 288 g/mol. The fourth-order valence-electron chi connectivity index (χ4n) is 2.70. The number of nitrogens with zero attached hydrogens (tertiary/aromatic N) is 2. The van der Waals surface area contributed by atoms with Gasteiger partial charge in [-0.05, 0) is 44.2 Å². The molecule has 0 atom stereocenters. The van der Waals surface area contributed by atoms with Gasteiger partial charge in [0.25, 0.3) is 0 Å². The number of hydrogen-bond acceptors (Lipinski definition) is 4. The van der Waals surface area contributed by atoms with Crippen LogP contribution >= 0.6 is 0 Å². The minimum atomic E-state index is 0.0879. The Morgan fingerprint density at radius 2 is 1.96 bits per heavy atom. The van der Waals surface area contributed by atoms with E-state index < -0.39 is 0 Å². The maximum absolute atomic E-state index is 6.14.